The lowest BCUT2D eigenvalue weighted by atomic mass is 9.96. The van der Waals surface area contributed by atoms with Crippen molar-refractivity contribution in [3.8, 4) is 34.4 Å². The van der Waals surface area contributed by atoms with E-state index in [1.165, 1.54) is 57.6 Å². The fraction of sp³-hybridized carbons (Fsp3) is 0.320. The van der Waals surface area contributed by atoms with Gasteiger partial charge in [-0.3, -0.25) is 9.13 Å². The highest BCUT2D eigenvalue weighted by Gasteiger charge is 2.21. The number of aromatic nitrogens is 8. The van der Waals surface area contributed by atoms with Gasteiger partial charge >= 0.3 is 0 Å². The van der Waals surface area contributed by atoms with Crippen molar-refractivity contribution in [2.45, 2.75) is 103 Å². The highest BCUT2D eigenvalue weighted by Crippen LogP contribution is 2.35. The summed E-state index contributed by atoms with van der Waals surface area (Å²) in [7, 11) is -3.56. The molecule has 17 heteroatoms. The molecular weight excluding hydrogens is 946 g/mol. The normalized spacial score (nSPS) is 14.4. The molecule has 0 aliphatic heterocycles. The van der Waals surface area contributed by atoms with E-state index in [4.69, 9.17) is 67.1 Å². The van der Waals surface area contributed by atoms with Crippen molar-refractivity contribution < 1.29 is 8.42 Å². The molecule has 2 aliphatic rings. The third-order valence-electron chi connectivity index (χ3n) is 11.6. The lowest BCUT2D eigenvalue weighted by molar-refractivity contribution is 0.441. The first-order chi connectivity index (χ1) is 31.7. The number of aryl methyl sites for hydroxylation is 2. The van der Waals surface area contributed by atoms with Gasteiger partial charge in [0, 0.05) is 41.9 Å². The first-order valence-corrected chi connectivity index (χ1v) is 25.4. The number of nitrogens with two attached hydrogens (primary N) is 1. The minimum atomic E-state index is -3.56. The lowest BCUT2D eigenvalue weighted by Gasteiger charge is -2.22. The van der Waals surface area contributed by atoms with Gasteiger partial charge in [-0.15, -0.1) is 0 Å². The molecule has 3 N–H and O–H groups in total. The number of hydrogen-bond donors (Lipinski definition) is 2. The molecule has 0 spiro atoms. The quantitative estimate of drug-likeness (QED) is 0.147. The fourth-order valence-electron chi connectivity index (χ4n) is 8.23. The van der Waals surface area contributed by atoms with Crippen molar-refractivity contribution in [1.29, 1.82) is 0 Å². The predicted molar refractivity (Wildman–Crippen MR) is 275 cm³/mol. The van der Waals surface area contributed by atoms with E-state index in [1.807, 2.05) is 49.4 Å². The SMILES string of the molecule is C.Cc1ccc2nc(-c3ccc(Cl)c(Cl)c3)n(-c3ccnc(NC4CCCCC4)n3)c2c1.Cc1ccc2nc(-c3ccc(Cl)c(Cl)c3)n(-c3ccnc(S(C)(=O)=O)n3)c2c1.NC1CCCCC1. The smallest absolute Gasteiger partial charge is 0.248 e. The molecule has 2 aliphatic carbocycles. The summed E-state index contributed by atoms with van der Waals surface area (Å²) in [6.45, 7) is 4.04. The van der Waals surface area contributed by atoms with Crippen LogP contribution in [0.1, 0.15) is 82.8 Å². The second-order valence-electron chi connectivity index (χ2n) is 16.9. The van der Waals surface area contributed by atoms with Crippen LogP contribution in [0.4, 0.5) is 5.95 Å². The van der Waals surface area contributed by atoms with Crippen LogP contribution in [0.5, 0.6) is 0 Å². The van der Waals surface area contributed by atoms with Gasteiger partial charge in [0.05, 0.1) is 42.2 Å². The monoisotopic (exact) mass is 998 g/mol. The molecule has 0 unspecified atom stereocenters. The maximum atomic E-state index is 11.9. The van der Waals surface area contributed by atoms with E-state index >= 15 is 0 Å². The number of nitrogens with one attached hydrogen (secondary N) is 1. The van der Waals surface area contributed by atoms with Gasteiger partial charge < -0.3 is 11.1 Å². The van der Waals surface area contributed by atoms with E-state index in [2.05, 4.69) is 43.9 Å². The Hall–Kier alpha value is -5.15. The molecule has 2 fully saturated rings. The highest BCUT2D eigenvalue weighted by atomic mass is 35.5. The van der Waals surface area contributed by atoms with Crippen LogP contribution in [-0.4, -0.2) is 65.8 Å². The van der Waals surface area contributed by atoms with Gasteiger partial charge in [0.25, 0.3) is 0 Å². The number of sulfone groups is 1. The average Bonchev–Trinajstić information content (AvgIpc) is 3.88. The van der Waals surface area contributed by atoms with E-state index in [9.17, 15) is 8.42 Å². The second-order valence-corrected chi connectivity index (χ2v) is 20.4. The number of halogens is 4. The van der Waals surface area contributed by atoms with Gasteiger partial charge in [-0.1, -0.05) is 104 Å². The summed E-state index contributed by atoms with van der Waals surface area (Å²) in [5.74, 6) is 3.14. The van der Waals surface area contributed by atoms with Crippen LogP contribution >= 0.6 is 46.4 Å². The van der Waals surface area contributed by atoms with Crippen LogP contribution in [0.3, 0.4) is 0 Å². The van der Waals surface area contributed by atoms with Gasteiger partial charge in [-0.2, -0.15) is 4.98 Å². The molecule has 0 bridgehead atoms. The number of benzene rings is 4. The highest BCUT2D eigenvalue weighted by molar-refractivity contribution is 7.90. The third kappa shape index (κ3) is 11.9. The molecule has 350 valence electrons. The zero-order valence-corrected chi connectivity index (χ0v) is 40.7. The number of rotatable bonds is 7. The Labute approximate surface area is 412 Å². The van der Waals surface area contributed by atoms with Gasteiger partial charge in [0.1, 0.15) is 23.3 Å². The van der Waals surface area contributed by atoms with Gasteiger partial charge in [-0.25, -0.2) is 33.3 Å². The van der Waals surface area contributed by atoms with Crippen LogP contribution < -0.4 is 11.1 Å². The zero-order valence-electron chi connectivity index (χ0n) is 36.9. The van der Waals surface area contributed by atoms with E-state index in [0.29, 0.717) is 49.8 Å². The van der Waals surface area contributed by atoms with Crippen molar-refractivity contribution in [2.24, 2.45) is 5.73 Å². The van der Waals surface area contributed by atoms with Gasteiger partial charge in [-0.05, 0) is 123 Å². The Bertz CT molecular complexity index is 3130. The number of hydrogen-bond acceptors (Lipinski definition) is 10. The molecular formula is C50H54Cl4N10O2S. The van der Waals surface area contributed by atoms with Crippen molar-refractivity contribution >= 4 is 84.3 Å². The van der Waals surface area contributed by atoms with E-state index in [0.717, 1.165) is 75.1 Å². The molecule has 0 atom stereocenters. The summed E-state index contributed by atoms with van der Waals surface area (Å²) < 4.78 is 27.7. The van der Waals surface area contributed by atoms with Crippen LogP contribution in [0.2, 0.25) is 20.1 Å². The molecule has 8 aromatic rings. The summed E-state index contributed by atoms with van der Waals surface area (Å²) in [6, 6.07) is 27.3. The van der Waals surface area contributed by atoms with E-state index in [1.54, 1.807) is 41.1 Å². The maximum absolute atomic E-state index is 11.9. The molecule has 0 saturated heterocycles. The largest absolute Gasteiger partial charge is 0.351 e. The summed E-state index contributed by atoms with van der Waals surface area (Å²) >= 11 is 24.7. The van der Waals surface area contributed by atoms with Crippen molar-refractivity contribution in [3.05, 3.63) is 129 Å². The summed E-state index contributed by atoms with van der Waals surface area (Å²) in [5, 5.41) is 5.12. The number of nitrogens with zero attached hydrogens (tertiary/aromatic N) is 8. The molecule has 4 heterocycles. The summed E-state index contributed by atoms with van der Waals surface area (Å²) in [6.07, 6.45) is 17.1. The predicted octanol–water partition coefficient (Wildman–Crippen LogP) is 13.3. The van der Waals surface area contributed by atoms with Crippen molar-refractivity contribution in [1.82, 2.24) is 39.0 Å². The molecule has 4 aromatic heterocycles. The molecule has 0 amide bonds. The number of fused-ring (bicyclic) bond motifs is 2. The average molecular weight is 1000 g/mol. The molecule has 2 saturated carbocycles. The second kappa shape index (κ2) is 21.9. The summed E-state index contributed by atoms with van der Waals surface area (Å²) in [5.41, 5.74) is 12.8. The molecule has 0 radical (unpaired) electrons. The zero-order chi connectivity index (χ0) is 46.5. The van der Waals surface area contributed by atoms with Crippen LogP contribution in [0.25, 0.3) is 56.5 Å². The topological polar surface area (TPSA) is 159 Å². The Kier molecular flexibility index (Phi) is 16.2. The first kappa shape index (κ1) is 49.7. The van der Waals surface area contributed by atoms with E-state index < -0.39 is 9.84 Å². The van der Waals surface area contributed by atoms with E-state index in [-0.39, 0.29) is 12.6 Å². The molecule has 10 rings (SSSR count). The Balaban J connectivity index is 0.000000172. The Morgan fingerprint density at radius 1 is 0.582 bits per heavy atom. The maximum Gasteiger partial charge on any atom is 0.248 e. The van der Waals surface area contributed by atoms with Crippen molar-refractivity contribution in [3.63, 3.8) is 0 Å². The molecule has 4 aromatic carbocycles. The fourth-order valence-corrected chi connectivity index (χ4v) is 9.34. The van der Waals surface area contributed by atoms with Gasteiger partial charge in [0.2, 0.25) is 20.9 Å². The van der Waals surface area contributed by atoms with Crippen LogP contribution in [0.15, 0.2) is 102 Å². The molecule has 12 nitrogen and oxygen atoms in total. The Morgan fingerprint density at radius 3 is 1.52 bits per heavy atom. The standard InChI is InChI=1S/C24H23Cl2N5.C19H14Cl2N4O2S.C6H13N.CH4/c1-15-7-10-20-21(13-15)31(23(29-20)16-8-9-18(25)19(26)14-16)22-11-12-27-24(30-22)28-17-5-3-2-4-6-17;1-11-3-6-15-16(9-11)25(17-7-8-22-19(24-17)28(2,26)27)18(23-15)12-4-5-13(20)14(21)10-12;7-6-4-2-1-3-5-6;/h7-14,17H,2-6H2,1H3,(H,27,28,30);3-10H,1-2H3;6H,1-5,7H2;1H4. The minimum absolute atomic E-state index is 0. The van der Waals surface area contributed by atoms with Gasteiger partial charge in [0.15, 0.2) is 0 Å². The first-order valence-electron chi connectivity index (χ1n) is 22.0. The van der Waals surface area contributed by atoms with Crippen LogP contribution in [-0.2, 0) is 9.84 Å². The summed E-state index contributed by atoms with van der Waals surface area (Å²) in [4.78, 5) is 27.1. The Morgan fingerprint density at radius 2 is 1.06 bits per heavy atom. The van der Waals surface area contributed by atoms with Crippen molar-refractivity contribution in [2.75, 3.05) is 11.6 Å². The number of anilines is 1. The lowest BCUT2D eigenvalue weighted by Crippen LogP contribution is -2.23. The molecule has 67 heavy (non-hydrogen) atoms. The third-order valence-corrected chi connectivity index (χ3v) is 14.0. The number of imidazole rings is 2. The minimum Gasteiger partial charge on any atom is -0.351 e. The van der Waals surface area contributed by atoms with Crippen LogP contribution in [0, 0.1) is 13.8 Å².